The Kier molecular flexibility index (Phi) is 3.26. The molecule has 0 aliphatic heterocycles. The van der Waals surface area contributed by atoms with Gasteiger partial charge >= 0.3 is 0 Å². The first-order valence-corrected chi connectivity index (χ1v) is 6.68. The highest BCUT2D eigenvalue weighted by Gasteiger charge is 2.23. The Hall–Kier alpha value is -1.45. The van der Waals surface area contributed by atoms with E-state index in [1.165, 1.54) is 24.6 Å². The van der Waals surface area contributed by atoms with Gasteiger partial charge in [0.05, 0.1) is 17.3 Å². The first-order valence-electron chi connectivity index (χ1n) is 6.68. The molecule has 0 saturated heterocycles. The topological polar surface area (TPSA) is 50.9 Å². The lowest BCUT2D eigenvalue weighted by atomic mass is 10.0. The third-order valence-corrected chi connectivity index (χ3v) is 3.74. The largest absolute Gasteiger partial charge is 0.271 e. The summed E-state index contributed by atoms with van der Waals surface area (Å²) in [6, 6.07) is 12.6. The molecule has 3 nitrogen and oxygen atoms in total. The van der Waals surface area contributed by atoms with Crippen molar-refractivity contribution in [3.05, 3.63) is 42.1 Å². The standard InChI is InChI=1S/C15H19N3/c16-18-15(9-7-11-5-6-11)14-10-8-12-3-1-2-4-13(12)17-14/h1-4,8,10-11,15,18H,5-7,9,16H2. The predicted molar refractivity (Wildman–Crippen MR) is 73.8 cm³/mol. The molecule has 2 aromatic rings. The summed E-state index contributed by atoms with van der Waals surface area (Å²) in [5.41, 5.74) is 5.00. The lowest BCUT2D eigenvalue weighted by molar-refractivity contribution is 0.473. The van der Waals surface area contributed by atoms with Gasteiger partial charge < -0.3 is 0 Å². The van der Waals surface area contributed by atoms with Gasteiger partial charge in [-0.15, -0.1) is 0 Å². The quantitative estimate of drug-likeness (QED) is 0.625. The zero-order valence-electron chi connectivity index (χ0n) is 10.5. The van der Waals surface area contributed by atoms with Crippen molar-refractivity contribution >= 4 is 10.9 Å². The van der Waals surface area contributed by atoms with Crippen molar-refractivity contribution in [1.82, 2.24) is 10.4 Å². The molecule has 1 aliphatic rings. The van der Waals surface area contributed by atoms with Crippen molar-refractivity contribution < 1.29 is 0 Å². The molecule has 3 rings (SSSR count). The Balaban J connectivity index is 1.81. The minimum atomic E-state index is 0.176. The third-order valence-electron chi connectivity index (χ3n) is 3.74. The molecule has 3 heteroatoms. The fourth-order valence-electron chi connectivity index (χ4n) is 2.40. The third kappa shape index (κ3) is 2.52. The maximum Gasteiger partial charge on any atom is 0.0706 e. The zero-order chi connectivity index (χ0) is 12.4. The number of hydrogen-bond acceptors (Lipinski definition) is 3. The molecule has 0 spiro atoms. The van der Waals surface area contributed by atoms with Crippen LogP contribution in [0, 0.1) is 5.92 Å². The average Bonchev–Trinajstić information content (AvgIpc) is 3.23. The van der Waals surface area contributed by atoms with Crippen molar-refractivity contribution in [2.45, 2.75) is 31.7 Å². The second kappa shape index (κ2) is 5.04. The van der Waals surface area contributed by atoms with Crippen molar-refractivity contribution in [2.75, 3.05) is 0 Å². The Labute approximate surface area is 107 Å². The summed E-state index contributed by atoms with van der Waals surface area (Å²) in [7, 11) is 0. The number of benzene rings is 1. The van der Waals surface area contributed by atoms with Crippen molar-refractivity contribution in [1.29, 1.82) is 0 Å². The summed E-state index contributed by atoms with van der Waals surface area (Å²) >= 11 is 0. The van der Waals surface area contributed by atoms with E-state index in [9.17, 15) is 0 Å². The van der Waals surface area contributed by atoms with Gasteiger partial charge in [0.2, 0.25) is 0 Å². The van der Waals surface area contributed by atoms with E-state index in [1.54, 1.807) is 0 Å². The number of hydrogen-bond donors (Lipinski definition) is 2. The number of fused-ring (bicyclic) bond motifs is 1. The Morgan fingerprint density at radius 3 is 2.83 bits per heavy atom. The molecule has 0 radical (unpaired) electrons. The molecule has 94 valence electrons. The second-order valence-electron chi connectivity index (χ2n) is 5.17. The molecule has 0 amide bonds. The van der Waals surface area contributed by atoms with E-state index in [-0.39, 0.29) is 6.04 Å². The van der Waals surface area contributed by atoms with Gasteiger partial charge in [-0.05, 0) is 30.9 Å². The number of hydrazine groups is 1. The highest BCUT2D eigenvalue weighted by Crippen LogP contribution is 2.35. The maximum absolute atomic E-state index is 5.67. The predicted octanol–water partition coefficient (Wildman–Crippen LogP) is 2.93. The minimum absolute atomic E-state index is 0.176. The summed E-state index contributed by atoms with van der Waals surface area (Å²) in [5.74, 6) is 6.60. The number of nitrogens with zero attached hydrogens (tertiary/aromatic N) is 1. The van der Waals surface area contributed by atoms with Crippen LogP contribution in [0.5, 0.6) is 0 Å². The smallest absolute Gasteiger partial charge is 0.0706 e. The lowest BCUT2D eigenvalue weighted by Crippen LogP contribution is -2.28. The first-order chi connectivity index (χ1) is 8.86. The van der Waals surface area contributed by atoms with Gasteiger partial charge in [0.15, 0.2) is 0 Å². The first kappa shape index (κ1) is 11.6. The average molecular weight is 241 g/mol. The van der Waals surface area contributed by atoms with E-state index in [1.807, 2.05) is 18.2 Å². The summed E-state index contributed by atoms with van der Waals surface area (Å²) in [5, 5.41) is 1.18. The van der Waals surface area contributed by atoms with Crippen LogP contribution < -0.4 is 11.3 Å². The van der Waals surface area contributed by atoms with Crippen LogP contribution in [0.1, 0.15) is 37.4 Å². The van der Waals surface area contributed by atoms with Gasteiger partial charge in [-0.25, -0.2) is 0 Å². The number of para-hydroxylation sites is 1. The van der Waals surface area contributed by atoms with Crippen LogP contribution in [0.4, 0.5) is 0 Å². The molecule has 1 fully saturated rings. The fraction of sp³-hybridized carbons (Fsp3) is 0.400. The van der Waals surface area contributed by atoms with Crippen molar-refractivity contribution in [3.8, 4) is 0 Å². The van der Waals surface area contributed by atoms with Crippen LogP contribution in [0.25, 0.3) is 10.9 Å². The highest BCUT2D eigenvalue weighted by molar-refractivity contribution is 5.78. The fourth-order valence-corrected chi connectivity index (χ4v) is 2.40. The van der Waals surface area contributed by atoms with Crippen LogP contribution in [-0.2, 0) is 0 Å². The Morgan fingerprint density at radius 1 is 1.22 bits per heavy atom. The van der Waals surface area contributed by atoms with Gasteiger partial charge in [-0.2, -0.15) is 0 Å². The molecule has 1 heterocycles. The number of rotatable bonds is 5. The lowest BCUT2D eigenvalue weighted by Gasteiger charge is -2.15. The van der Waals surface area contributed by atoms with E-state index in [2.05, 4.69) is 23.6 Å². The van der Waals surface area contributed by atoms with E-state index >= 15 is 0 Å². The number of aromatic nitrogens is 1. The number of pyridine rings is 1. The van der Waals surface area contributed by atoms with E-state index in [0.29, 0.717) is 0 Å². The van der Waals surface area contributed by atoms with Crippen molar-refractivity contribution in [3.63, 3.8) is 0 Å². The van der Waals surface area contributed by atoms with Gasteiger partial charge in [-0.1, -0.05) is 37.1 Å². The Morgan fingerprint density at radius 2 is 2.06 bits per heavy atom. The van der Waals surface area contributed by atoms with Crippen LogP contribution in [0.15, 0.2) is 36.4 Å². The van der Waals surface area contributed by atoms with Crippen molar-refractivity contribution in [2.24, 2.45) is 11.8 Å². The van der Waals surface area contributed by atoms with E-state index < -0.39 is 0 Å². The SMILES string of the molecule is NNC(CCC1CC1)c1ccc2ccccc2n1. The molecule has 1 aromatic carbocycles. The number of nitrogens with one attached hydrogen (secondary N) is 1. The molecule has 3 N–H and O–H groups in total. The van der Waals surface area contributed by atoms with E-state index in [4.69, 9.17) is 10.8 Å². The molecular formula is C15H19N3. The number of nitrogens with two attached hydrogens (primary N) is 1. The van der Waals surface area contributed by atoms with Crippen LogP contribution in [0.2, 0.25) is 0 Å². The molecule has 1 aliphatic carbocycles. The highest BCUT2D eigenvalue weighted by atomic mass is 15.2. The van der Waals surface area contributed by atoms with Crippen LogP contribution >= 0.6 is 0 Å². The van der Waals surface area contributed by atoms with Gasteiger partial charge in [0.25, 0.3) is 0 Å². The van der Waals surface area contributed by atoms with Gasteiger partial charge in [0, 0.05) is 5.39 Å². The summed E-state index contributed by atoms with van der Waals surface area (Å²) in [4.78, 5) is 4.70. The molecule has 1 unspecified atom stereocenters. The molecule has 1 aromatic heterocycles. The zero-order valence-corrected chi connectivity index (χ0v) is 10.5. The van der Waals surface area contributed by atoms with Crippen LogP contribution in [-0.4, -0.2) is 4.98 Å². The molecule has 1 atom stereocenters. The molecule has 1 saturated carbocycles. The second-order valence-corrected chi connectivity index (χ2v) is 5.17. The summed E-state index contributed by atoms with van der Waals surface area (Å²) in [6.07, 6.45) is 5.11. The van der Waals surface area contributed by atoms with Gasteiger partial charge in [-0.3, -0.25) is 16.3 Å². The molecule has 0 bridgehead atoms. The van der Waals surface area contributed by atoms with Gasteiger partial charge in [0.1, 0.15) is 0 Å². The normalized spacial score (nSPS) is 16.9. The molecule has 18 heavy (non-hydrogen) atoms. The Bertz CT molecular complexity index is 534. The summed E-state index contributed by atoms with van der Waals surface area (Å²) in [6.45, 7) is 0. The minimum Gasteiger partial charge on any atom is -0.271 e. The maximum atomic E-state index is 5.67. The van der Waals surface area contributed by atoms with E-state index in [0.717, 1.165) is 23.5 Å². The van der Waals surface area contributed by atoms with Crippen LogP contribution in [0.3, 0.4) is 0 Å². The summed E-state index contributed by atoms with van der Waals surface area (Å²) < 4.78 is 0. The molecular weight excluding hydrogens is 222 g/mol. The monoisotopic (exact) mass is 241 g/mol.